The zero-order chi connectivity index (χ0) is 23.0. The third-order valence-electron chi connectivity index (χ3n) is 4.35. The van der Waals surface area contributed by atoms with Crippen molar-refractivity contribution in [2.75, 3.05) is 0 Å². The number of aromatic hydroxyl groups is 1. The maximum absolute atomic E-state index is 12.6. The molecule has 0 fully saturated rings. The fourth-order valence-electron chi connectivity index (χ4n) is 2.80. The number of benzene rings is 2. The topological polar surface area (TPSA) is 147 Å². The highest BCUT2D eigenvalue weighted by atomic mass is 16.7. The number of carboxylic acids is 2. The molecular formula is C22H22O9. The summed E-state index contributed by atoms with van der Waals surface area (Å²) in [6, 6.07) is 8.53. The lowest BCUT2D eigenvalue weighted by Gasteiger charge is -2.19. The smallest absolute Gasteiger partial charge is 0.342 e. The average molecular weight is 430 g/mol. The predicted octanol–water partition coefficient (Wildman–Crippen LogP) is 3.71. The van der Waals surface area contributed by atoms with E-state index >= 15 is 0 Å². The van der Waals surface area contributed by atoms with Crippen LogP contribution in [-0.4, -0.2) is 45.5 Å². The van der Waals surface area contributed by atoms with Crippen molar-refractivity contribution in [2.45, 2.75) is 38.9 Å². The van der Waals surface area contributed by atoms with Crippen molar-refractivity contribution < 1.29 is 44.0 Å². The van der Waals surface area contributed by atoms with Gasteiger partial charge in [0.1, 0.15) is 5.75 Å². The highest BCUT2D eigenvalue weighted by molar-refractivity contribution is 6.03. The second kappa shape index (κ2) is 10.8. The van der Waals surface area contributed by atoms with Crippen LogP contribution in [0.15, 0.2) is 42.5 Å². The third-order valence-corrected chi connectivity index (χ3v) is 4.35. The molecule has 0 aliphatic heterocycles. The van der Waals surface area contributed by atoms with Crippen LogP contribution in [0.2, 0.25) is 0 Å². The molecule has 9 heteroatoms. The van der Waals surface area contributed by atoms with Crippen LogP contribution < -0.4 is 0 Å². The quantitative estimate of drug-likeness (QED) is 0.291. The van der Waals surface area contributed by atoms with Crippen molar-refractivity contribution in [3.05, 3.63) is 64.7 Å². The van der Waals surface area contributed by atoms with Crippen LogP contribution in [0.3, 0.4) is 0 Å². The zero-order valence-electron chi connectivity index (χ0n) is 16.7. The number of hydrogen-bond donors (Lipinski definition) is 3. The summed E-state index contributed by atoms with van der Waals surface area (Å²) in [6.45, 7) is 1.95. The van der Waals surface area contributed by atoms with Crippen LogP contribution in [0.5, 0.6) is 5.75 Å². The molecule has 1 unspecified atom stereocenters. The lowest BCUT2D eigenvalue weighted by molar-refractivity contribution is -0.0839. The van der Waals surface area contributed by atoms with Gasteiger partial charge in [-0.05, 0) is 36.8 Å². The summed E-state index contributed by atoms with van der Waals surface area (Å²) in [7, 11) is 0. The fraction of sp³-hybridized carbons (Fsp3) is 0.273. The van der Waals surface area contributed by atoms with Crippen LogP contribution in [0.4, 0.5) is 0 Å². The van der Waals surface area contributed by atoms with E-state index in [0.29, 0.717) is 6.42 Å². The highest BCUT2D eigenvalue weighted by Crippen LogP contribution is 2.21. The number of esters is 2. The number of unbranched alkanes of at least 4 members (excludes halogenated alkanes) is 2. The Hall–Kier alpha value is -3.88. The molecule has 9 nitrogen and oxygen atoms in total. The Balaban J connectivity index is 2.26. The van der Waals surface area contributed by atoms with Gasteiger partial charge in [0.15, 0.2) is 0 Å². The van der Waals surface area contributed by atoms with E-state index in [0.717, 1.165) is 31.0 Å². The van der Waals surface area contributed by atoms with Crippen molar-refractivity contribution in [1.82, 2.24) is 0 Å². The Morgan fingerprint density at radius 1 is 0.806 bits per heavy atom. The van der Waals surface area contributed by atoms with E-state index in [-0.39, 0.29) is 23.3 Å². The minimum atomic E-state index is -1.40. The largest absolute Gasteiger partial charge is 0.508 e. The van der Waals surface area contributed by atoms with Gasteiger partial charge in [-0.15, -0.1) is 0 Å². The number of carbonyl (C=O) groups is 4. The molecule has 0 saturated carbocycles. The van der Waals surface area contributed by atoms with Gasteiger partial charge in [0.2, 0.25) is 6.29 Å². The molecule has 2 rings (SSSR count). The molecule has 0 spiro atoms. The van der Waals surface area contributed by atoms with Crippen LogP contribution in [0.25, 0.3) is 0 Å². The van der Waals surface area contributed by atoms with Crippen molar-refractivity contribution in [1.29, 1.82) is 0 Å². The molecule has 0 radical (unpaired) electrons. The fourth-order valence-corrected chi connectivity index (χ4v) is 2.80. The third kappa shape index (κ3) is 6.30. The summed E-state index contributed by atoms with van der Waals surface area (Å²) in [5.41, 5.74) is -1.28. The second-order valence-corrected chi connectivity index (χ2v) is 6.62. The van der Waals surface area contributed by atoms with Crippen LogP contribution >= 0.6 is 0 Å². The van der Waals surface area contributed by atoms with Crippen molar-refractivity contribution in [2.24, 2.45) is 0 Å². The van der Waals surface area contributed by atoms with E-state index in [4.69, 9.17) is 9.47 Å². The van der Waals surface area contributed by atoms with E-state index in [1.807, 2.05) is 6.92 Å². The van der Waals surface area contributed by atoms with Crippen LogP contribution in [-0.2, 0) is 9.47 Å². The Kier molecular flexibility index (Phi) is 8.13. The van der Waals surface area contributed by atoms with E-state index in [2.05, 4.69) is 0 Å². The Bertz CT molecular complexity index is 981. The number of rotatable bonds is 10. The van der Waals surface area contributed by atoms with Gasteiger partial charge in [0.05, 0.1) is 22.3 Å². The molecule has 2 aromatic carbocycles. The van der Waals surface area contributed by atoms with Gasteiger partial charge in [-0.2, -0.15) is 0 Å². The van der Waals surface area contributed by atoms with Crippen LogP contribution in [0.1, 0.15) is 74.0 Å². The molecule has 0 aliphatic carbocycles. The molecule has 0 saturated heterocycles. The highest BCUT2D eigenvalue weighted by Gasteiger charge is 2.26. The number of ether oxygens (including phenoxy) is 2. The predicted molar refractivity (Wildman–Crippen MR) is 107 cm³/mol. The normalized spacial score (nSPS) is 11.4. The van der Waals surface area contributed by atoms with Crippen molar-refractivity contribution in [3.8, 4) is 5.75 Å². The first-order chi connectivity index (χ1) is 14.7. The first-order valence-electron chi connectivity index (χ1n) is 9.55. The second-order valence-electron chi connectivity index (χ2n) is 6.62. The molecule has 0 aliphatic rings. The number of carbonyl (C=O) groups excluding carboxylic acids is 2. The lowest BCUT2D eigenvalue weighted by atomic mass is 10.1. The number of carboxylic acid groups (broad SMARTS) is 2. The molecule has 0 amide bonds. The summed E-state index contributed by atoms with van der Waals surface area (Å²) in [4.78, 5) is 47.8. The molecule has 0 aromatic heterocycles. The first-order valence-corrected chi connectivity index (χ1v) is 9.55. The Morgan fingerprint density at radius 2 is 1.35 bits per heavy atom. The van der Waals surface area contributed by atoms with Gasteiger partial charge in [0, 0.05) is 6.42 Å². The summed E-state index contributed by atoms with van der Waals surface area (Å²) in [5.74, 6) is -5.16. The summed E-state index contributed by atoms with van der Waals surface area (Å²) < 4.78 is 10.5. The molecule has 31 heavy (non-hydrogen) atoms. The lowest BCUT2D eigenvalue weighted by Crippen LogP contribution is -2.26. The van der Waals surface area contributed by atoms with E-state index in [1.54, 1.807) is 0 Å². The van der Waals surface area contributed by atoms with Gasteiger partial charge in [0.25, 0.3) is 0 Å². The minimum absolute atomic E-state index is 0.127. The van der Waals surface area contributed by atoms with Gasteiger partial charge >= 0.3 is 23.9 Å². The molecule has 0 heterocycles. The van der Waals surface area contributed by atoms with Gasteiger partial charge < -0.3 is 24.8 Å². The molecule has 2 aromatic rings. The standard InChI is InChI=1S/C22H22O9/c1-2-3-4-9-18(30-21(28)16-8-6-5-7-14(16)19(24)25)31-22(29)17-12-13(23)10-11-15(17)20(26)27/h5-8,10-12,18,23H,2-4,9H2,1H3,(H,24,25)(H,26,27). The molecule has 3 N–H and O–H groups in total. The maximum Gasteiger partial charge on any atom is 0.342 e. The van der Waals surface area contributed by atoms with Crippen LogP contribution in [0, 0.1) is 0 Å². The van der Waals surface area contributed by atoms with E-state index < -0.39 is 41.3 Å². The molecular weight excluding hydrogens is 408 g/mol. The average Bonchev–Trinajstić information content (AvgIpc) is 2.73. The SMILES string of the molecule is CCCCCC(OC(=O)c1ccccc1C(=O)O)OC(=O)c1cc(O)ccc1C(=O)O. The minimum Gasteiger partial charge on any atom is -0.508 e. The number of aromatic carboxylic acids is 2. The van der Waals surface area contributed by atoms with E-state index in [1.165, 1.54) is 24.3 Å². The van der Waals surface area contributed by atoms with Crippen molar-refractivity contribution in [3.63, 3.8) is 0 Å². The molecule has 0 bridgehead atoms. The zero-order valence-corrected chi connectivity index (χ0v) is 16.7. The van der Waals surface area contributed by atoms with Gasteiger partial charge in [-0.3, -0.25) is 0 Å². The number of phenolic OH excluding ortho intramolecular Hbond substituents is 1. The summed E-state index contributed by atoms with van der Waals surface area (Å²) >= 11 is 0. The Labute approximate surface area is 177 Å². The number of phenols is 1. The Morgan fingerprint density at radius 3 is 1.94 bits per heavy atom. The van der Waals surface area contributed by atoms with Crippen molar-refractivity contribution >= 4 is 23.9 Å². The monoisotopic (exact) mass is 430 g/mol. The summed E-state index contributed by atoms with van der Waals surface area (Å²) in [5, 5.41) is 28.1. The first kappa shape index (κ1) is 23.4. The maximum atomic E-state index is 12.6. The molecule has 164 valence electrons. The molecule has 1 atom stereocenters. The van der Waals surface area contributed by atoms with Gasteiger partial charge in [-0.1, -0.05) is 31.9 Å². The summed E-state index contributed by atoms with van der Waals surface area (Å²) in [6.07, 6.45) is 0.878. The van der Waals surface area contributed by atoms with E-state index in [9.17, 15) is 34.5 Å². The van der Waals surface area contributed by atoms with Gasteiger partial charge in [-0.25, -0.2) is 19.2 Å². The number of hydrogen-bond acceptors (Lipinski definition) is 7.